The highest BCUT2D eigenvalue weighted by atomic mass is 35.5. The molecule has 33 heavy (non-hydrogen) atoms. The fraction of sp³-hybridized carbons (Fsp3) is 0.571. The molecule has 1 aromatic heterocycles. The maximum atomic E-state index is 13.1. The average Bonchev–Trinajstić information content (AvgIpc) is 3.40. The van der Waals surface area contributed by atoms with Gasteiger partial charge in [-0.2, -0.15) is 17.5 Å². The molecule has 3 heterocycles. The molecule has 2 fully saturated rings. The second-order valence-electron chi connectivity index (χ2n) is 8.56. The molecule has 0 saturated carbocycles. The van der Waals surface area contributed by atoms with Crippen molar-refractivity contribution in [1.82, 2.24) is 19.2 Å². The summed E-state index contributed by atoms with van der Waals surface area (Å²) in [6.07, 6.45) is 1.15. The van der Waals surface area contributed by atoms with Crippen LogP contribution in [-0.2, 0) is 34.5 Å². The lowest BCUT2D eigenvalue weighted by Crippen LogP contribution is -2.42. The second-order valence-corrected chi connectivity index (χ2v) is 10.9. The van der Waals surface area contributed by atoms with Crippen LogP contribution in [0.2, 0.25) is 5.02 Å². The van der Waals surface area contributed by atoms with E-state index >= 15 is 0 Å². The van der Waals surface area contributed by atoms with Gasteiger partial charge in [-0.3, -0.25) is 0 Å². The lowest BCUT2D eigenvalue weighted by molar-refractivity contribution is -0.137. The summed E-state index contributed by atoms with van der Waals surface area (Å²) in [6.45, 7) is 1.33. The van der Waals surface area contributed by atoms with Gasteiger partial charge >= 0.3 is 6.18 Å². The second kappa shape index (κ2) is 9.53. The Bertz CT molecular complexity index is 1090. The predicted molar refractivity (Wildman–Crippen MR) is 116 cm³/mol. The van der Waals surface area contributed by atoms with Gasteiger partial charge in [-0.25, -0.2) is 13.4 Å². The van der Waals surface area contributed by atoms with E-state index in [4.69, 9.17) is 16.3 Å². The topological polar surface area (TPSA) is 76.5 Å². The number of hydrogen-bond donors (Lipinski definition) is 1. The van der Waals surface area contributed by atoms with Gasteiger partial charge in [0.15, 0.2) is 5.03 Å². The highest BCUT2D eigenvalue weighted by Crippen LogP contribution is 2.34. The van der Waals surface area contributed by atoms with Crippen molar-refractivity contribution in [3.8, 4) is 0 Å². The van der Waals surface area contributed by atoms with Gasteiger partial charge in [0.1, 0.15) is 0 Å². The van der Waals surface area contributed by atoms with E-state index in [1.807, 2.05) is 0 Å². The van der Waals surface area contributed by atoms with Crippen molar-refractivity contribution < 1.29 is 26.3 Å². The number of alkyl halides is 3. The standard InChI is InChI=1S/C21H26ClF3N4O3S/c1-28-12-20(27-13-28)33(30,31)29-10-16(19-4-2-3-7-32-19)18(11-29)26-9-14-5-6-15(8-17(14)22)21(23,24)25/h5-6,8,12-13,16,18-19,26H,2-4,7,9-11H2,1H3. The summed E-state index contributed by atoms with van der Waals surface area (Å²) >= 11 is 6.11. The van der Waals surface area contributed by atoms with Gasteiger partial charge < -0.3 is 14.6 Å². The van der Waals surface area contributed by atoms with Gasteiger partial charge in [0, 0.05) is 56.5 Å². The largest absolute Gasteiger partial charge is 0.416 e. The highest BCUT2D eigenvalue weighted by molar-refractivity contribution is 7.89. The number of hydrogen-bond acceptors (Lipinski definition) is 5. The smallest absolute Gasteiger partial charge is 0.378 e. The van der Waals surface area contributed by atoms with Crippen LogP contribution in [0, 0.1) is 5.92 Å². The molecule has 0 amide bonds. The van der Waals surface area contributed by atoms with Crippen LogP contribution < -0.4 is 5.32 Å². The first-order chi connectivity index (χ1) is 15.6. The third-order valence-electron chi connectivity index (χ3n) is 6.24. The molecule has 1 N–H and O–H groups in total. The fourth-order valence-corrected chi connectivity index (χ4v) is 6.16. The Hall–Kier alpha value is -1.66. The molecular weight excluding hydrogens is 481 g/mol. The predicted octanol–water partition coefficient (Wildman–Crippen LogP) is 3.44. The van der Waals surface area contributed by atoms with Crippen LogP contribution in [0.3, 0.4) is 0 Å². The van der Waals surface area contributed by atoms with Crippen LogP contribution in [0.1, 0.15) is 30.4 Å². The van der Waals surface area contributed by atoms with Crippen molar-refractivity contribution in [2.75, 3.05) is 19.7 Å². The number of rotatable bonds is 6. The molecule has 0 radical (unpaired) electrons. The van der Waals surface area contributed by atoms with Crippen LogP contribution in [0.4, 0.5) is 13.2 Å². The number of sulfonamides is 1. The number of nitrogens with one attached hydrogen (secondary N) is 1. The molecule has 2 aliphatic rings. The van der Waals surface area contributed by atoms with Crippen molar-refractivity contribution in [3.05, 3.63) is 46.9 Å². The number of halogens is 4. The molecule has 3 unspecified atom stereocenters. The number of nitrogens with zero attached hydrogens (tertiary/aromatic N) is 3. The van der Waals surface area contributed by atoms with Crippen molar-refractivity contribution >= 4 is 21.6 Å². The van der Waals surface area contributed by atoms with E-state index in [0.717, 1.165) is 31.4 Å². The van der Waals surface area contributed by atoms with Crippen molar-refractivity contribution in [3.63, 3.8) is 0 Å². The van der Waals surface area contributed by atoms with Gasteiger partial charge in [0.25, 0.3) is 10.0 Å². The number of aryl methyl sites for hydroxylation is 1. The van der Waals surface area contributed by atoms with Crippen LogP contribution in [0.25, 0.3) is 0 Å². The maximum absolute atomic E-state index is 13.1. The minimum atomic E-state index is -4.47. The molecule has 0 aliphatic carbocycles. The van der Waals surface area contributed by atoms with E-state index < -0.39 is 21.8 Å². The SMILES string of the molecule is Cn1cnc(S(=O)(=O)N2CC(NCc3ccc(C(F)(F)F)cc3Cl)C(C3CCCCO3)C2)c1. The lowest BCUT2D eigenvalue weighted by Gasteiger charge is -2.31. The maximum Gasteiger partial charge on any atom is 0.416 e. The van der Waals surface area contributed by atoms with Gasteiger partial charge in [-0.15, -0.1) is 0 Å². The summed E-state index contributed by atoms with van der Waals surface area (Å²) in [5, 5.41) is 3.32. The molecule has 1 aromatic carbocycles. The third-order valence-corrected chi connectivity index (χ3v) is 8.31. The zero-order valence-electron chi connectivity index (χ0n) is 18.1. The Labute approximate surface area is 195 Å². The summed E-state index contributed by atoms with van der Waals surface area (Å²) in [5.74, 6) is -0.1000. The monoisotopic (exact) mass is 506 g/mol. The van der Waals surface area contributed by atoms with Crippen molar-refractivity contribution in [1.29, 1.82) is 0 Å². The van der Waals surface area contributed by atoms with E-state index in [1.165, 1.54) is 22.9 Å². The Morgan fingerprint density at radius 1 is 1.27 bits per heavy atom. The molecule has 0 bridgehead atoms. The van der Waals surface area contributed by atoms with Gasteiger partial charge in [-0.05, 0) is 37.0 Å². The van der Waals surface area contributed by atoms with Crippen molar-refractivity contribution in [2.24, 2.45) is 13.0 Å². The Balaban J connectivity index is 1.52. The number of aromatic nitrogens is 2. The minimum absolute atomic E-state index is 0.0127. The summed E-state index contributed by atoms with van der Waals surface area (Å²) in [5.41, 5.74) is -0.294. The summed E-state index contributed by atoms with van der Waals surface area (Å²) < 4.78 is 74.0. The average molecular weight is 507 g/mol. The first kappa shape index (κ1) is 24.5. The zero-order valence-corrected chi connectivity index (χ0v) is 19.6. The molecule has 2 aromatic rings. The molecule has 2 saturated heterocycles. The molecule has 0 spiro atoms. The highest BCUT2D eigenvalue weighted by Gasteiger charge is 2.44. The molecule has 12 heteroatoms. The van der Waals surface area contributed by atoms with Crippen LogP contribution >= 0.6 is 11.6 Å². The molecule has 182 valence electrons. The number of ether oxygens (including phenoxy) is 1. The van der Waals surface area contributed by atoms with E-state index in [2.05, 4.69) is 10.3 Å². The zero-order chi connectivity index (χ0) is 23.8. The molecule has 7 nitrogen and oxygen atoms in total. The van der Waals surface area contributed by atoms with Crippen LogP contribution in [0.15, 0.2) is 35.7 Å². The van der Waals surface area contributed by atoms with Crippen molar-refractivity contribution in [2.45, 2.75) is 49.2 Å². The molecular formula is C21H26ClF3N4O3S. The van der Waals surface area contributed by atoms with E-state index in [9.17, 15) is 21.6 Å². The Morgan fingerprint density at radius 2 is 2.06 bits per heavy atom. The first-order valence-corrected chi connectivity index (χ1v) is 12.6. The summed E-state index contributed by atoms with van der Waals surface area (Å²) in [7, 11) is -2.08. The third kappa shape index (κ3) is 5.37. The van der Waals surface area contributed by atoms with Gasteiger partial charge in [-0.1, -0.05) is 17.7 Å². The molecule has 3 atom stereocenters. The first-order valence-electron chi connectivity index (χ1n) is 10.7. The number of imidazole rings is 1. The molecule has 4 rings (SSSR count). The normalized spacial score (nSPS) is 24.9. The Kier molecular flexibility index (Phi) is 7.07. The number of benzene rings is 1. The molecule has 2 aliphatic heterocycles. The Morgan fingerprint density at radius 3 is 2.67 bits per heavy atom. The van der Waals surface area contributed by atoms with Crippen LogP contribution in [-0.4, -0.2) is 54.1 Å². The minimum Gasteiger partial charge on any atom is -0.378 e. The fourth-order valence-electron chi connectivity index (χ4n) is 4.45. The summed E-state index contributed by atoms with van der Waals surface area (Å²) in [6, 6.07) is 3.01. The van der Waals surface area contributed by atoms with Crippen LogP contribution in [0.5, 0.6) is 0 Å². The van der Waals surface area contributed by atoms with E-state index in [0.29, 0.717) is 12.2 Å². The van der Waals surface area contributed by atoms with E-state index in [1.54, 1.807) is 11.6 Å². The van der Waals surface area contributed by atoms with Gasteiger partial charge in [0.05, 0.1) is 18.0 Å². The van der Waals surface area contributed by atoms with Gasteiger partial charge in [0.2, 0.25) is 0 Å². The summed E-state index contributed by atoms with van der Waals surface area (Å²) in [4.78, 5) is 4.00. The quantitative estimate of drug-likeness (QED) is 0.649. The van der Waals surface area contributed by atoms with E-state index in [-0.39, 0.29) is 47.7 Å². The lowest BCUT2D eigenvalue weighted by atomic mass is 9.91.